The minimum absolute atomic E-state index is 0.283. The van der Waals surface area contributed by atoms with Crippen LogP contribution in [0.2, 0.25) is 0 Å². The maximum atomic E-state index is 12.7. The number of carbonyl (C=O) groups is 1. The summed E-state index contributed by atoms with van der Waals surface area (Å²) < 4.78 is 12.1. The van der Waals surface area contributed by atoms with Gasteiger partial charge >= 0.3 is 0 Å². The number of allylic oxidation sites excluding steroid dienone is 1. The van der Waals surface area contributed by atoms with Gasteiger partial charge in [0.05, 0.1) is 13.3 Å². The van der Waals surface area contributed by atoms with E-state index in [2.05, 4.69) is 11.9 Å². The highest BCUT2D eigenvalue weighted by atomic mass is 16.5. The summed E-state index contributed by atoms with van der Waals surface area (Å²) in [4.78, 5) is 16.9. The molecule has 2 heterocycles. The Hall–Kier alpha value is -3.08. The van der Waals surface area contributed by atoms with Gasteiger partial charge in [0.1, 0.15) is 17.1 Å². The number of methoxy groups -OCH3 is 1. The summed E-state index contributed by atoms with van der Waals surface area (Å²) in [5.41, 5.74) is 10.9. The topological polar surface area (TPSA) is 74.4 Å². The van der Waals surface area contributed by atoms with E-state index >= 15 is 0 Å². The lowest BCUT2D eigenvalue weighted by atomic mass is 9.75. The number of benzene rings is 1. The number of ether oxygens (including phenoxy) is 2. The van der Waals surface area contributed by atoms with Crippen molar-refractivity contribution in [3.05, 3.63) is 65.0 Å². The number of pyridine rings is 1. The van der Waals surface area contributed by atoms with Gasteiger partial charge in [-0.05, 0) is 56.7 Å². The highest BCUT2D eigenvalue weighted by Gasteiger charge is 2.42. The van der Waals surface area contributed by atoms with Gasteiger partial charge in [-0.1, -0.05) is 25.1 Å². The van der Waals surface area contributed by atoms with Crippen molar-refractivity contribution in [3.63, 3.8) is 0 Å². The van der Waals surface area contributed by atoms with E-state index in [0.29, 0.717) is 17.7 Å². The molecule has 30 heavy (non-hydrogen) atoms. The molecule has 0 saturated carbocycles. The second-order valence-corrected chi connectivity index (χ2v) is 8.33. The van der Waals surface area contributed by atoms with E-state index < -0.39 is 11.5 Å². The summed E-state index contributed by atoms with van der Waals surface area (Å²) in [5, 5.41) is 0. The lowest BCUT2D eigenvalue weighted by molar-refractivity contribution is -0.114. The molecule has 1 aliphatic heterocycles. The number of fused-ring (bicyclic) bond motifs is 2. The molecule has 2 aliphatic rings. The van der Waals surface area contributed by atoms with Gasteiger partial charge in [0.15, 0.2) is 0 Å². The van der Waals surface area contributed by atoms with Crippen LogP contribution in [0.3, 0.4) is 0 Å². The van der Waals surface area contributed by atoms with Crippen LogP contribution in [-0.4, -0.2) is 23.6 Å². The fraction of sp³-hybridized carbons (Fsp3) is 0.360. The van der Waals surface area contributed by atoms with E-state index in [4.69, 9.17) is 15.2 Å². The van der Waals surface area contributed by atoms with E-state index in [1.807, 2.05) is 44.2 Å². The molecular formula is C25H28N2O3. The first-order valence-electron chi connectivity index (χ1n) is 10.4. The number of aromatic nitrogens is 1. The fourth-order valence-corrected chi connectivity index (χ4v) is 4.87. The van der Waals surface area contributed by atoms with E-state index in [1.165, 1.54) is 5.57 Å². The van der Waals surface area contributed by atoms with Crippen molar-refractivity contribution in [2.24, 2.45) is 11.7 Å². The Labute approximate surface area is 177 Å². The second kappa shape index (κ2) is 7.63. The van der Waals surface area contributed by atoms with Gasteiger partial charge < -0.3 is 15.2 Å². The average molecular weight is 405 g/mol. The van der Waals surface area contributed by atoms with Crippen molar-refractivity contribution < 1.29 is 14.3 Å². The third kappa shape index (κ3) is 3.18. The number of primary amides is 1. The Kier molecular flexibility index (Phi) is 5.14. The zero-order valence-corrected chi connectivity index (χ0v) is 18.0. The minimum Gasteiger partial charge on any atom is -0.496 e. The predicted molar refractivity (Wildman–Crippen MR) is 118 cm³/mol. The van der Waals surface area contributed by atoms with Crippen molar-refractivity contribution in [3.8, 4) is 11.5 Å². The molecule has 0 spiro atoms. The third-order valence-electron chi connectivity index (χ3n) is 6.18. The molecule has 0 radical (unpaired) electrons. The molecule has 156 valence electrons. The predicted octanol–water partition coefficient (Wildman–Crippen LogP) is 4.77. The zero-order valence-electron chi connectivity index (χ0n) is 18.0. The third-order valence-corrected chi connectivity index (χ3v) is 6.18. The van der Waals surface area contributed by atoms with Crippen LogP contribution in [0.1, 0.15) is 51.2 Å². The van der Waals surface area contributed by atoms with Crippen molar-refractivity contribution in [2.75, 3.05) is 7.11 Å². The number of nitrogens with two attached hydrogens (primary N) is 1. The monoisotopic (exact) mass is 404 g/mol. The normalized spacial score (nSPS) is 20.1. The molecule has 1 unspecified atom stereocenters. The molecule has 2 aromatic rings. The van der Waals surface area contributed by atoms with Gasteiger partial charge in [-0.25, -0.2) is 0 Å². The van der Waals surface area contributed by atoms with Gasteiger partial charge in [0.25, 0.3) is 0 Å². The maximum Gasteiger partial charge on any atom is 0.245 e. The van der Waals surface area contributed by atoms with Crippen LogP contribution in [0, 0.1) is 5.92 Å². The molecule has 1 amide bonds. The maximum absolute atomic E-state index is 12.7. The van der Waals surface area contributed by atoms with Crippen molar-refractivity contribution in [1.29, 1.82) is 0 Å². The lowest BCUT2D eigenvalue weighted by Gasteiger charge is -2.39. The molecule has 5 nitrogen and oxygen atoms in total. The molecule has 0 fully saturated rings. The van der Waals surface area contributed by atoms with Crippen LogP contribution < -0.4 is 15.2 Å². The number of nitrogens with zero attached hydrogens (tertiary/aromatic N) is 1. The Morgan fingerprint density at radius 1 is 1.27 bits per heavy atom. The first kappa shape index (κ1) is 20.2. The summed E-state index contributed by atoms with van der Waals surface area (Å²) in [6, 6.07) is 9.80. The number of hydrogen-bond donors (Lipinski definition) is 1. The summed E-state index contributed by atoms with van der Waals surface area (Å²) in [5.74, 6) is 1.38. The minimum atomic E-state index is -0.667. The first-order valence-corrected chi connectivity index (χ1v) is 10.4. The molecule has 0 bridgehead atoms. The van der Waals surface area contributed by atoms with Gasteiger partial charge in [0, 0.05) is 34.0 Å². The van der Waals surface area contributed by atoms with E-state index in [1.54, 1.807) is 19.5 Å². The molecule has 2 N–H and O–H groups in total. The van der Waals surface area contributed by atoms with Crippen molar-refractivity contribution >= 4 is 17.1 Å². The van der Waals surface area contributed by atoms with Crippen molar-refractivity contribution in [2.45, 2.75) is 45.6 Å². The molecule has 0 saturated heterocycles. The highest BCUT2D eigenvalue weighted by Crippen LogP contribution is 2.53. The van der Waals surface area contributed by atoms with Crippen LogP contribution in [0.15, 0.2) is 53.9 Å². The SMILES string of the molecule is CCC1CCC(C(N)=O)=C(c2ccccc2OC)C2=C1c1ccncc1OC2(C)C. The number of rotatable bonds is 4. The molecule has 1 atom stereocenters. The Morgan fingerprint density at radius 3 is 2.73 bits per heavy atom. The number of amides is 1. The Bertz CT molecular complexity index is 1070. The average Bonchev–Trinajstić information content (AvgIpc) is 2.91. The van der Waals surface area contributed by atoms with E-state index in [0.717, 1.165) is 40.9 Å². The smallest absolute Gasteiger partial charge is 0.245 e. The van der Waals surface area contributed by atoms with Crippen LogP contribution in [0.5, 0.6) is 11.5 Å². The summed E-state index contributed by atoms with van der Waals surface area (Å²) >= 11 is 0. The van der Waals surface area contributed by atoms with Gasteiger partial charge in [0.2, 0.25) is 5.91 Å². The van der Waals surface area contributed by atoms with Crippen LogP contribution >= 0.6 is 0 Å². The number of para-hydroxylation sites is 1. The lowest BCUT2D eigenvalue weighted by Crippen LogP contribution is -2.36. The van der Waals surface area contributed by atoms with E-state index in [-0.39, 0.29) is 5.92 Å². The van der Waals surface area contributed by atoms with E-state index in [9.17, 15) is 4.79 Å². The summed E-state index contributed by atoms with van der Waals surface area (Å²) in [6.07, 6.45) is 6.00. The van der Waals surface area contributed by atoms with Crippen molar-refractivity contribution in [1.82, 2.24) is 4.98 Å². The quantitative estimate of drug-likeness (QED) is 0.796. The Balaban J connectivity index is 2.15. The summed E-state index contributed by atoms with van der Waals surface area (Å²) in [7, 11) is 1.65. The zero-order chi connectivity index (χ0) is 21.5. The van der Waals surface area contributed by atoms with Gasteiger partial charge in [-0.3, -0.25) is 9.78 Å². The largest absolute Gasteiger partial charge is 0.496 e. The standard InChI is InChI=1S/C25H28N2O3/c1-5-15-10-11-18(24(26)28)22(16-8-6-7-9-19(16)29-4)23-21(15)17-12-13-27-14-20(17)30-25(23,2)3/h6-9,12-15H,5,10-11H2,1-4H3,(H2,26,28). The van der Waals surface area contributed by atoms with Crippen LogP contribution in [-0.2, 0) is 4.79 Å². The number of carbonyl (C=O) groups excluding carboxylic acids is 1. The van der Waals surface area contributed by atoms with Crippen LogP contribution in [0.25, 0.3) is 11.1 Å². The molecule has 1 aromatic heterocycles. The van der Waals surface area contributed by atoms with Gasteiger partial charge in [-0.2, -0.15) is 0 Å². The Morgan fingerprint density at radius 2 is 2.03 bits per heavy atom. The van der Waals surface area contributed by atoms with Gasteiger partial charge in [-0.15, -0.1) is 0 Å². The first-order chi connectivity index (χ1) is 14.4. The highest BCUT2D eigenvalue weighted by molar-refractivity contribution is 6.08. The molecule has 4 rings (SSSR count). The van der Waals surface area contributed by atoms with Crippen LogP contribution in [0.4, 0.5) is 0 Å². The fourth-order valence-electron chi connectivity index (χ4n) is 4.87. The second-order valence-electron chi connectivity index (χ2n) is 8.33. The number of hydrogen-bond acceptors (Lipinski definition) is 4. The molecule has 5 heteroatoms. The molecule has 1 aliphatic carbocycles. The molecule has 1 aromatic carbocycles. The molecular weight excluding hydrogens is 376 g/mol. The summed E-state index contributed by atoms with van der Waals surface area (Å²) in [6.45, 7) is 6.28.